The maximum absolute atomic E-state index is 12.8. The molecule has 1 N–H and O–H groups in total. The number of benzene rings is 1. The second kappa shape index (κ2) is 8.38. The summed E-state index contributed by atoms with van der Waals surface area (Å²) in [5.41, 5.74) is 4.08. The first-order valence-electron chi connectivity index (χ1n) is 12.7. The number of anilines is 1. The molecule has 2 aromatic heterocycles. The van der Waals surface area contributed by atoms with Crippen molar-refractivity contribution in [1.82, 2.24) is 25.3 Å². The summed E-state index contributed by atoms with van der Waals surface area (Å²) in [6, 6.07) is 9.55. The molecule has 186 valence electrons. The number of piperidine rings is 1. The van der Waals surface area contributed by atoms with Crippen LogP contribution in [0.3, 0.4) is 0 Å². The lowest BCUT2D eigenvalue weighted by Gasteiger charge is -2.36. The number of nitrogens with one attached hydrogen (secondary N) is 1. The summed E-state index contributed by atoms with van der Waals surface area (Å²) in [6.07, 6.45) is 7.77. The number of carbonyl (C=O) groups is 2. The second-order valence-electron chi connectivity index (χ2n) is 10.6. The van der Waals surface area contributed by atoms with Gasteiger partial charge in [0.05, 0.1) is 23.9 Å². The van der Waals surface area contributed by atoms with Gasteiger partial charge < -0.3 is 5.32 Å². The molecule has 3 atom stereocenters. The molecule has 1 saturated heterocycles. The lowest BCUT2D eigenvalue weighted by molar-refractivity contribution is -0.118. The minimum absolute atomic E-state index is 0.0161. The fourth-order valence-corrected chi connectivity index (χ4v) is 6.30. The number of hydrogen-bond donors (Lipinski definition) is 1. The van der Waals surface area contributed by atoms with Crippen LogP contribution < -0.4 is 10.2 Å². The molecule has 0 bridgehead atoms. The zero-order valence-electron chi connectivity index (χ0n) is 20.0. The number of nitriles is 1. The van der Waals surface area contributed by atoms with Gasteiger partial charge in [0.15, 0.2) is 5.69 Å². The Labute approximate surface area is 218 Å². The van der Waals surface area contributed by atoms with E-state index in [1.807, 2.05) is 23.2 Å². The molecule has 0 unspecified atom stereocenters. The summed E-state index contributed by atoms with van der Waals surface area (Å²) in [6.45, 7) is 0.778. The molecule has 2 saturated carbocycles. The van der Waals surface area contributed by atoms with Gasteiger partial charge in [-0.1, -0.05) is 16.8 Å². The standard InChI is InChI=1S/C27H24ClN7O2/c28-18-3-1-15(10-29)20(9-18)16-5-19(6-16)31-26(36)23-13-35(33-32-23)24-4-2-14-8-25(30-11-22(14)24)34-12-17-7-21(17)27(34)37/h1,3,8-9,11,13,16-17,19,21,24H,2,4-7,12H2,(H,31,36)/t16-,17-,19+,21-,24-/m1/s1. The van der Waals surface area contributed by atoms with Gasteiger partial charge in [0, 0.05) is 29.7 Å². The lowest BCUT2D eigenvalue weighted by Crippen LogP contribution is -2.43. The lowest BCUT2D eigenvalue weighted by atomic mass is 9.74. The number of pyridine rings is 1. The summed E-state index contributed by atoms with van der Waals surface area (Å²) in [5.74, 6) is 1.61. The first-order valence-corrected chi connectivity index (χ1v) is 13.1. The molecular weight excluding hydrogens is 490 g/mol. The molecule has 4 aliphatic rings. The Kier molecular flexibility index (Phi) is 5.08. The summed E-state index contributed by atoms with van der Waals surface area (Å²) in [7, 11) is 0. The van der Waals surface area contributed by atoms with E-state index < -0.39 is 0 Å². The molecule has 3 aliphatic carbocycles. The van der Waals surface area contributed by atoms with Crippen molar-refractivity contribution >= 4 is 29.2 Å². The van der Waals surface area contributed by atoms with Crippen LogP contribution in [-0.2, 0) is 11.2 Å². The van der Waals surface area contributed by atoms with E-state index in [4.69, 9.17) is 11.6 Å². The van der Waals surface area contributed by atoms with Crippen LogP contribution in [-0.4, -0.2) is 44.4 Å². The third-order valence-electron chi connectivity index (χ3n) is 8.37. The van der Waals surface area contributed by atoms with Crippen molar-refractivity contribution in [3.63, 3.8) is 0 Å². The minimum atomic E-state index is -0.251. The van der Waals surface area contributed by atoms with Gasteiger partial charge in [-0.2, -0.15) is 5.26 Å². The number of halogens is 1. The summed E-state index contributed by atoms with van der Waals surface area (Å²) < 4.78 is 1.74. The molecular formula is C27H24ClN7O2. The van der Waals surface area contributed by atoms with Gasteiger partial charge >= 0.3 is 0 Å². The first-order chi connectivity index (χ1) is 18.0. The van der Waals surface area contributed by atoms with Crippen molar-refractivity contribution in [3.05, 3.63) is 69.6 Å². The molecule has 3 fully saturated rings. The summed E-state index contributed by atoms with van der Waals surface area (Å²) in [5, 5.41) is 21.4. The van der Waals surface area contributed by atoms with Crippen LogP contribution in [0.4, 0.5) is 5.82 Å². The van der Waals surface area contributed by atoms with Crippen molar-refractivity contribution in [1.29, 1.82) is 5.26 Å². The Morgan fingerprint density at radius 2 is 2.05 bits per heavy atom. The zero-order valence-corrected chi connectivity index (χ0v) is 20.7. The quantitative estimate of drug-likeness (QED) is 0.559. The fraction of sp³-hybridized carbons (Fsp3) is 0.407. The van der Waals surface area contributed by atoms with E-state index in [9.17, 15) is 14.9 Å². The first kappa shape index (κ1) is 22.4. The van der Waals surface area contributed by atoms with Gasteiger partial charge in [-0.05, 0) is 84.9 Å². The molecule has 3 heterocycles. The number of rotatable bonds is 5. The second-order valence-corrected chi connectivity index (χ2v) is 11.0. The Hall–Kier alpha value is -3.77. The largest absolute Gasteiger partial charge is 0.348 e. The summed E-state index contributed by atoms with van der Waals surface area (Å²) >= 11 is 6.12. The molecule has 7 rings (SSSR count). The number of aryl methyl sites for hydroxylation is 1. The number of fused-ring (bicyclic) bond motifs is 2. The molecule has 0 spiro atoms. The highest BCUT2D eigenvalue weighted by atomic mass is 35.5. The average Bonchev–Trinajstić information content (AvgIpc) is 3.18. The van der Waals surface area contributed by atoms with Crippen molar-refractivity contribution < 1.29 is 9.59 Å². The van der Waals surface area contributed by atoms with Gasteiger partial charge in [0.25, 0.3) is 5.91 Å². The Bertz CT molecular complexity index is 1490. The van der Waals surface area contributed by atoms with Crippen molar-refractivity contribution in [3.8, 4) is 6.07 Å². The van der Waals surface area contributed by atoms with E-state index in [0.29, 0.717) is 16.5 Å². The number of amides is 2. The topological polar surface area (TPSA) is 117 Å². The van der Waals surface area contributed by atoms with Gasteiger partial charge in [-0.25, -0.2) is 9.67 Å². The third kappa shape index (κ3) is 3.78. The molecule has 10 heteroatoms. The molecule has 2 amide bonds. The van der Waals surface area contributed by atoms with E-state index in [2.05, 4.69) is 26.7 Å². The van der Waals surface area contributed by atoms with Gasteiger partial charge in [0.1, 0.15) is 5.82 Å². The van der Waals surface area contributed by atoms with Gasteiger partial charge in [-0.15, -0.1) is 5.10 Å². The van der Waals surface area contributed by atoms with Crippen LogP contribution >= 0.6 is 11.6 Å². The zero-order chi connectivity index (χ0) is 25.3. The van der Waals surface area contributed by atoms with Crippen LogP contribution in [0, 0.1) is 23.2 Å². The number of aromatic nitrogens is 4. The Morgan fingerprint density at radius 1 is 1.19 bits per heavy atom. The molecule has 37 heavy (non-hydrogen) atoms. The van der Waals surface area contributed by atoms with Crippen LogP contribution in [0.5, 0.6) is 0 Å². The molecule has 3 aromatic rings. The highest BCUT2D eigenvalue weighted by Gasteiger charge is 2.53. The monoisotopic (exact) mass is 513 g/mol. The Morgan fingerprint density at radius 3 is 2.84 bits per heavy atom. The van der Waals surface area contributed by atoms with Crippen molar-refractivity contribution in [2.45, 2.75) is 50.1 Å². The normalized spacial score (nSPS) is 27.3. The number of nitrogens with zero attached hydrogens (tertiary/aromatic N) is 6. The predicted molar refractivity (Wildman–Crippen MR) is 134 cm³/mol. The maximum Gasteiger partial charge on any atom is 0.273 e. The van der Waals surface area contributed by atoms with E-state index in [0.717, 1.165) is 55.6 Å². The van der Waals surface area contributed by atoms with Crippen molar-refractivity contribution in [2.75, 3.05) is 11.4 Å². The minimum Gasteiger partial charge on any atom is -0.348 e. The van der Waals surface area contributed by atoms with E-state index in [1.54, 1.807) is 23.0 Å². The molecule has 9 nitrogen and oxygen atoms in total. The van der Waals surface area contributed by atoms with E-state index >= 15 is 0 Å². The van der Waals surface area contributed by atoms with Crippen LogP contribution in [0.15, 0.2) is 36.7 Å². The summed E-state index contributed by atoms with van der Waals surface area (Å²) in [4.78, 5) is 31.7. The van der Waals surface area contributed by atoms with E-state index in [-0.39, 0.29) is 41.4 Å². The van der Waals surface area contributed by atoms with Gasteiger partial charge in [0.2, 0.25) is 5.91 Å². The molecule has 0 radical (unpaired) electrons. The maximum atomic E-state index is 12.8. The average molecular weight is 514 g/mol. The van der Waals surface area contributed by atoms with Crippen LogP contribution in [0.1, 0.15) is 70.4 Å². The highest BCUT2D eigenvalue weighted by molar-refractivity contribution is 6.30. The number of carbonyl (C=O) groups excluding carboxylic acids is 2. The molecule has 1 aliphatic heterocycles. The fourth-order valence-electron chi connectivity index (χ4n) is 6.12. The highest BCUT2D eigenvalue weighted by Crippen LogP contribution is 2.47. The predicted octanol–water partition coefficient (Wildman–Crippen LogP) is 3.39. The number of hydrogen-bond acceptors (Lipinski definition) is 6. The SMILES string of the molecule is N#Cc1ccc(Cl)cc1[C@H]1C[C@@H](NC(=O)c2cn([C@@H]3CCc4cc(N5C[C@H]6C[C@H]6C5=O)ncc43)nn2)C1. The van der Waals surface area contributed by atoms with Gasteiger partial charge in [-0.3, -0.25) is 14.5 Å². The van der Waals surface area contributed by atoms with Crippen LogP contribution in [0.25, 0.3) is 0 Å². The van der Waals surface area contributed by atoms with Crippen molar-refractivity contribution in [2.24, 2.45) is 11.8 Å². The van der Waals surface area contributed by atoms with E-state index in [1.165, 1.54) is 5.56 Å². The smallest absolute Gasteiger partial charge is 0.273 e. The Balaban J connectivity index is 0.998. The molecule has 1 aromatic carbocycles. The third-order valence-corrected chi connectivity index (χ3v) is 8.60. The van der Waals surface area contributed by atoms with Crippen LogP contribution in [0.2, 0.25) is 5.02 Å².